The molecule has 0 heteroatoms. The molecule has 0 unspecified atom stereocenters. The van der Waals surface area contributed by atoms with E-state index in [-0.39, 0.29) is 0 Å². The second-order valence-corrected chi connectivity index (χ2v) is 1.20. The summed E-state index contributed by atoms with van der Waals surface area (Å²) in [4.78, 5) is 0. The molecule has 0 bridgehead atoms. The number of rotatable bonds is 2. The van der Waals surface area contributed by atoms with Crippen LogP contribution < -0.4 is 0 Å². The van der Waals surface area contributed by atoms with Crippen LogP contribution in [0.1, 0.15) is 26.7 Å². The highest BCUT2D eigenvalue weighted by atomic mass is 13.7. The van der Waals surface area contributed by atoms with Crippen molar-refractivity contribution in [3.8, 4) is 0 Å². The van der Waals surface area contributed by atoms with Gasteiger partial charge in [-0.15, -0.1) is 0 Å². The number of hydrogen-bond donors (Lipinski definition) is 0. The molecular weight excluding hydrogens is 60.1 g/mol. The minimum Gasteiger partial charge on any atom is -0.0654 e. The van der Waals surface area contributed by atoms with Gasteiger partial charge in [-0.2, -0.15) is 0 Å². The van der Waals surface area contributed by atoms with Gasteiger partial charge in [-0.3, -0.25) is 0 Å². The Morgan fingerprint density at radius 3 is 2.20 bits per heavy atom. The van der Waals surface area contributed by atoms with Crippen LogP contribution in [0.4, 0.5) is 0 Å². The molecule has 5 heavy (non-hydrogen) atoms. The van der Waals surface area contributed by atoms with E-state index in [2.05, 4.69) is 20.3 Å². The maximum atomic E-state index is 2.18. The van der Waals surface area contributed by atoms with Crippen LogP contribution in [-0.4, -0.2) is 0 Å². The normalized spacial score (nSPS) is 8.40. The fraction of sp³-hybridized carbons (Fsp3) is 0.800. The molecule has 0 aliphatic heterocycles. The molecule has 0 heterocycles. The molecule has 1 radical (unpaired) electrons. The van der Waals surface area contributed by atoms with Gasteiger partial charge in [0.05, 0.1) is 0 Å². The fourth-order valence-corrected chi connectivity index (χ4v) is 0.289. The van der Waals surface area contributed by atoms with E-state index in [4.69, 9.17) is 0 Å². The molecule has 0 fully saturated rings. The molecule has 0 atom stereocenters. The van der Waals surface area contributed by atoms with Gasteiger partial charge in [0.2, 0.25) is 0 Å². The topological polar surface area (TPSA) is 0 Å². The van der Waals surface area contributed by atoms with Gasteiger partial charge >= 0.3 is 0 Å². The molecule has 0 nitrogen and oxygen atoms in total. The third kappa shape index (κ3) is 4.00. The maximum absolute atomic E-state index is 2.18. The summed E-state index contributed by atoms with van der Waals surface area (Å²) < 4.78 is 0. The SMILES string of the molecule is C[CH]CCC. The fourth-order valence-electron chi connectivity index (χ4n) is 0.289. The lowest BCUT2D eigenvalue weighted by Gasteiger charge is -1.78. The molecule has 0 aromatic carbocycles. The van der Waals surface area contributed by atoms with Gasteiger partial charge in [0.1, 0.15) is 0 Å². The van der Waals surface area contributed by atoms with E-state index in [0.717, 1.165) is 0 Å². The molecule has 31 valence electrons. The van der Waals surface area contributed by atoms with Crippen LogP contribution in [0.3, 0.4) is 0 Å². The van der Waals surface area contributed by atoms with Crippen molar-refractivity contribution in [1.29, 1.82) is 0 Å². The second kappa shape index (κ2) is 4.00. The number of hydrogen-bond acceptors (Lipinski definition) is 0. The van der Waals surface area contributed by atoms with Gasteiger partial charge < -0.3 is 0 Å². The average molecular weight is 71.1 g/mol. The van der Waals surface area contributed by atoms with Crippen molar-refractivity contribution >= 4 is 0 Å². The van der Waals surface area contributed by atoms with Gasteiger partial charge in [-0.1, -0.05) is 26.7 Å². The van der Waals surface area contributed by atoms with Crippen LogP contribution in [0.25, 0.3) is 0 Å². The van der Waals surface area contributed by atoms with Crippen molar-refractivity contribution < 1.29 is 0 Å². The highest BCUT2D eigenvalue weighted by Gasteiger charge is 1.68. The Bertz CT molecular complexity index is 7.51. The van der Waals surface area contributed by atoms with Gasteiger partial charge in [-0.05, 0) is 6.42 Å². The van der Waals surface area contributed by atoms with E-state index in [1.165, 1.54) is 12.8 Å². The predicted molar refractivity (Wildman–Crippen MR) is 24.9 cm³/mol. The van der Waals surface area contributed by atoms with Crippen LogP contribution in [0.15, 0.2) is 0 Å². The first-order valence-electron chi connectivity index (χ1n) is 2.19. The lowest BCUT2D eigenvalue weighted by molar-refractivity contribution is 0.901. The van der Waals surface area contributed by atoms with E-state index in [9.17, 15) is 0 Å². The minimum atomic E-state index is 1.26. The zero-order chi connectivity index (χ0) is 4.12. The summed E-state index contributed by atoms with van der Waals surface area (Å²) >= 11 is 0. The summed E-state index contributed by atoms with van der Waals surface area (Å²) in [7, 11) is 0. The standard InChI is InChI=1S/C5H11/c1-3-5-4-2/h3H,4-5H2,1-2H3. The molecule has 0 aromatic rings. The van der Waals surface area contributed by atoms with Gasteiger partial charge in [0.25, 0.3) is 0 Å². The lowest BCUT2D eigenvalue weighted by Crippen LogP contribution is -1.60. The highest BCUT2D eigenvalue weighted by molar-refractivity contribution is 4.50. The van der Waals surface area contributed by atoms with Crippen molar-refractivity contribution in [3.63, 3.8) is 0 Å². The van der Waals surface area contributed by atoms with Gasteiger partial charge in [-0.25, -0.2) is 0 Å². The molecule has 0 aliphatic carbocycles. The average Bonchev–Trinajstić information content (AvgIpc) is 1.41. The van der Waals surface area contributed by atoms with Crippen LogP contribution in [0, 0.1) is 6.42 Å². The van der Waals surface area contributed by atoms with E-state index in [1.54, 1.807) is 0 Å². The quantitative estimate of drug-likeness (QED) is 0.467. The van der Waals surface area contributed by atoms with Gasteiger partial charge in [0.15, 0.2) is 0 Å². The molecule has 0 aromatic heterocycles. The molecule has 0 amide bonds. The first-order valence-corrected chi connectivity index (χ1v) is 2.19. The van der Waals surface area contributed by atoms with E-state index < -0.39 is 0 Å². The molecule has 0 aliphatic rings. The summed E-state index contributed by atoms with van der Waals surface area (Å²) in [6.07, 6.45) is 4.73. The Kier molecular flexibility index (Phi) is 4.00. The van der Waals surface area contributed by atoms with E-state index >= 15 is 0 Å². The molecular formula is C5H11. The van der Waals surface area contributed by atoms with Crippen molar-refractivity contribution in [1.82, 2.24) is 0 Å². The lowest BCUT2D eigenvalue weighted by atomic mass is 10.3. The summed E-state index contributed by atoms with van der Waals surface area (Å²) in [5, 5.41) is 0. The van der Waals surface area contributed by atoms with E-state index in [0.29, 0.717) is 0 Å². The van der Waals surface area contributed by atoms with Crippen LogP contribution >= 0.6 is 0 Å². The van der Waals surface area contributed by atoms with E-state index in [1.807, 2.05) is 0 Å². The van der Waals surface area contributed by atoms with Crippen LogP contribution in [-0.2, 0) is 0 Å². The van der Waals surface area contributed by atoms with Crippen molar-refractivity contribution in [2.45, 2.75) is 26.7 Å². The summed E-state index contributed by atoms with van der Waals surface area (Å²) in [5.41, 5.74) is 0. The Morgan fingerprint density at radius 1 is 1.60 bits per heavy atom. The largest absolute Gasteiger partial charge is 0.0654 e. The number of unbranched alkanes of at least 4 members (excludes halogenated alkanes) is 2. The molecule has 0 spiro atoms. The Morgan fingerprint density at radius 2 is 2.20 bits per heavy atom. The highest BCUT2D eigenvalue weighted by Crippen LogP contribution is 1.86. The maximum Gasteiger partial charge on any atom is -0.0417 e. The Hall–Kier alpha value is 0. The third-order valence-corrected chi connectivity index (χ3v) is 0.577. The predicted octanol–water partition coefficient (Wildman–Crippen LogP) is 2.01. The zero-order valence-electron chi connectivity index (χ0n) is 3.99. The van der Waals surface area contributed by atoms with Crippen molar-refractivity contribution in [2.75, 3.05) is 0 Å². The molecule has 0 saturated heterocycles. The van der Waals surface area contributed by atoms with Crippen LogP contribution in [0.5, 0.6) is 0 Å². The second-order valence-electron chi connectivity index (χ2n) is 1.20. The third-order valence-electron chi connectivity index (χ3n) is 0.577. The van der Waals surface area contributed by atoms with Crippen LogP contribution in [0.2, 0.25) is 0 Å². The monoisotopic (exact) mass is 71.1 g/mol. The zero-order valence-corrected chi connectivity index (χ0v) is 3.99. The van der Waals surface area contributed by atoms with Crippen molar-refractivity contribution in [3.05, 3.63) is 6.42 Å². The first-order chi connectivity index (χ1) is 2.41. The smallest absolute Gasteiger partial charge is 0.0417 e. The van der Waals surface area contributed by atoms with Gasteiger partial charge in [0, 0.05) is 0 Å². The molecule has 0 rings (SSSR count). The first kappa shape index (κ1) is 5.00. The summed E-state index contributed by atoms with van der Waals surface area (Å²) in [6, 6.07) is 0. The summed E-state index contributed by atoms with van der Waals surface area (Å²) in [6.45, 7) is 4.27. The Balaban J connectivity index is 2.19. The summed E-state index contributed by atoms with van der Waals surface area (Å²) in [5.74, 6) is 0. The van der Waals surface area contributed by atoms with Crippen molar-refractivity contribution in [2.24, 2.45) is 0 Å². The Labute approximate surface area is 34.2 Å². The molecule has 0 saturated carbocycles. The minimum absolute atomic E-state index is 1.26. The molecule has 0 N–H and O–H groups in total.